The van der Waals surface area contributed by atoms with Crippen LogP contribution in [0, 0.1) is 0 Å². The molecule has 0 bridgehead atoms. The molecule has 0 saturated carbocycles. The lowest BCUT2D eigenvalue weighted by Crippen LogP contribution is -2.00. The quantitative estimate of drug-likeness (QED) is 0.715. The molecule has 0 amide bonds. The van der Waals surface area contributed by atoms with Gasteiger partial charge in [-0.25, -0.2) is 0 Å². The van der Waals surface area contributed by atoms with Crippen LogP contribution in [0.25, 0.3) is 0 Å². The third-order valence-electron chi connectivity index (χ3n) is 1.62. The molecular formula is C8H12N2O2. The Morgan fingerprint density at radius 3 is 2.75 bits per heavy atom. The summed E-state index contributed by atoms with van der Waals surface area (Å²) >= 11 is 0. The Hall–Kier alpha value is -1.16. The van der Waals surface area contributed by atoms with Gasteiger partial charge in [0.15, 0.2) is 0 Å². The third kappa shape index (κ3) is 1.71. The smallest absolute Gasteiger partial charge is 0.236 e. The van der Waals surface area contributed by atoms with Crippen molar-refractivity contribution >= 4 is 0 Å². The second-order valence-electron chi connectivity index (χ2n) is 2.38. The van der Waals surface area contributed by atoms with Crippen molar-refractivity contribution in [1.82, 2.24) is 10.2 Å². The van der Waals surface area contributed by atoms with Crippen LogP contribution < -0.4 is 4.74 Å². The van der Waals surface area contributed by atoms with Crippen LogP contribution in [0.4, 0.5) is 0 Å². The average Bonchev–Trinajstić information content (AvgIpc) is 2.16. The Bertz CT molecular complexity index is 263. The summed E-state index contributed by atoms with van der Waals surface area (Å²) in [6.45, 7) is 1.92. The van der Waals surface area contributed by atoms with E-state index < -0.39 is 0 Å². The topological polar surface area (TPSA) is 55.2 Å². The monoisotopic (exact) mass is 168 g/mol. The molecule has 4 nitrogen and oxygen atoms in total. The number of ether oxygens (including phenoxy) is 1. The van der Waals surface area contributed by atoms with Crippen molar-refractivity contribution in [3.63, 3.8) is 0 Å². The van der Waals surface area contributed by atoms with Crippen LogP contribution in [0.3, 0.4) is 0 Å². The van der Waals surface area contributed by atoms with Gasteiger partial charge in [0.1, 0.15) is 0 Å². The number of hydrogen-bond donors (Lipinski definition) is 1. The predicted octanol–water partition coefficient (Wildman–Crippen LogP) is 0.540. The molecule has 0 aliphatic rings. The predicted molar refractivity (Wildman–Crippen MR) is 43.9 cm³/mol. The molecule has 12 heavy (non-hydrogen) atoms. The summed E-state index contributed by atoms with van der Waals surface area (Å²) in [7, 11) is 1.56. The van der Waals surface area contributed by atoms with Crippen molar-refractivity contribution in [3.8, 4) is 5.88 Å². The number of aliphatic hydroxyl groups excluding tert-OH is 1. The molecule has 0 fully saturated rings. The second kappa shape index (κ2) is 4.01. The SMILES string of the molecule is CCc1cc(CO)nnc1OC. The van der Waals surface area contributed by atoms with E-state index in [-0.39, 0.29) is 6.61 Å². The zero-order valence-corrected chi connectivity index (χ0v) is 7.24. The molecule has 1 heterocycles. The molecular weight excluding hydrogens is 156 g/mol. The molecule has 0 aliphatic carbocycles. The van der Waals surface area contributed by atoms with E-state index >= 15 is 0 Å². The number of hydrogen-bond acceptors (Lipinski definition) is 4. The molecule has 0 spiro atoms. The molecule has 0 radical (unpaired) electrons. The van der Waals surface area contributed by atoms with E-state index in [1.54, 1.807) is 13.2 Å². The van der Waals surface area contributed by atoms with Crippen LogP contribution in [0.1, 0.15) is 18.2 Å². The van der Waals surface area contributed by atoms with Gasteiger partial charge in [0.2, 0.25) is 5.88 Å². The molecule has 0 aromatic carbocycles. The van der Waals surface area contributed by atoms with Crippen LogP contribution in [0.15, 0.2) is 6.07 Å². The van der Waals surface area contributed by atoms with Gasteiger partial charge in [-0.1, -0.05) is 6.92 Å². The van der Waals surface area contributed by atoms with E-state index in [0.29, 0.717) is 11.6 Å². The molecule has 1 rings (SSSR count). The molecule has 0 atom stereocenters. The normalized spacial score (nSPS) is 9.92. The van der Waals surface area contributed by atoms with Crippen molar-refractivity contribution in [2.24, 2.45) is 0 Å². The summed E-state index contributed by atoms with van der Waals surface area (Å²) in [4.78, 5) is 0. The van der Waals surface area contributed by atoms with E-state index in [1.807, 2.05) is 6.92 Å². The summed E-state index contributed by atoms with van der Waals surface area (Å²) in [5, 5.41) is 16.3. The first-order valence-electron chi connectivity index (χ1n) is 3.82. The van der Waals surface area contributed by atoms with Crippen LogP contribution in [0.5, 0.6) is 5.88 Å². The summed E-state index contributed by atoms with van der Waals surface area (Å²) < 4.78 is 4.98. The standard InChI is InChI=1S/C8H12N2O2/c1-3-6-4-7(5-11)9-10-8(6)12-2/h4,11H,3,5H2,1-2H3. The van der Waals surface area contributed by atoms with Crippen LogP contribution in [0.2, 0.25) is 0 Å². The maximum absolute atomic E-state index is 8.78. The lowest BCUT2D eigenvalue weighted by molar-refractivity contribution is 0.274. The van der Waals surface area contributed by atoms with Gasteiger partial charge in [-0.15, -0.1) is 10.2 Å². The zero-order valence-electron chi connectivity index (χ0n) is 7.24. The number of aryl methyl sites for hydroxylation is 1. The fourth-order valence-electron chi connectivity index (χ4n) is 0.968. The minimum atomic E-state index is -0.0794. The molecule has 1 aromatic heterocycles. The highest BCUT2D eigenvalue weighted by Gasteiger charge is 2.04. The van der Waals surface area contributed by atoms with Gasteiger partial charge in [0.25, 0.3) is 0 Å². The maximum atomic E-state index is 8.78. The van der Waals surface area contributed by atoms with Gasteiger partial charge in [-0.2, -0.15) is 0 Å². The van der Waals surface area contributed by atoms with Crippen LogP contribution in [-0.4, -0.2) is 22.4 Å². The number of rotatable bonds is 3. The van der Waals surface area contributed by atoms with Gasteiger partial charge in [0, 0.05) is 5.56 Å². The average molecular weight is 168 g/mol. The van der Waals surface area contributed by atoms with Gasteiger partial charge in [-0.3, -0.25) is 0 Å². The summed E-state index contributed by atoms with van der Waals surface area (Å²) in [6, 6.07) is 1.80. The Morgan fingerprint density at radius 2 is 2.25 bits per heavy atom. The van der Waals surface area contributed by atoms with Crippen molar-refractivity contribution in [1.29, 1.82) is 0 Å². The lowest BCUT2D eigenvalue weighted by Gasteiger charge is -2.04. The van der Waals surface area contributed by atoms with Gasteiger partial charge < -0.3 is 9.84 Å². The van der Waals surface area contributed by atoms with Crippen LogP contribution in [-0.2, 0) is 13.0 Å². The Labute approximate surface area is 71.2 Å². The first-order chi connectivity index (χ1) is 5.81. The molecule has 0 saturated heterocycles. The van der Waals surface area contributed by atoms with Crippen molar-refractivity contribution < 1.29 is 9.84 Å². The molecule has 0 aliphatic heterocycles. The minimum Gasteiger partial charge on any atom is -0.480 e. The van der Waals surface area contributed by atoms with E-state index in [1.165, 1.54) is 0 Å². The van der Waals surface area contributed by atoms with E-state index in [2.05, 4.69) is 10.2 Å². The molecule has 66 valence electrons. The van der Waals surface area contributed by atoms with Crippen LogP contribution >= 0.6 is 0 Å². The molecule has 1 aromatic rings. The second-order valence-corrected chi connectivity index (χ2v) is 2.38. The number of methoxy groups -OCH3 is 1. The Morgan fingerprint density at radius 1 is 1.50 bits per heavy atom. The summed E-state index contributed by atoms with van der Waals surface area (Å²) in [5.41, 5.74) is 1.55. The first-order valence-corrected chi connectivity index (χ1v) is 3.82. The summed E-state index contributed by atoms with van der Waals surface area (Å²) in [5.74, 6) is 0.537. The molecule has 4 heteroatoms. The number of aliphatic hydroxyl groups is 1. The minimum absolute atomic E-state index is 0.0794. The van der Waals surface area contributed by atoms with E-state index in [4.69, 9.17) is 9.84 Å². The van der Waals surface area contributed by atoms with E-state index in [0.717, 1.165) is 12.0 Å². The first kappa shape index (κ1) is 8.93. The number of nitrogens with zero attached hydrogens (tertiary/aromatic N) is 2. The third-order valence-corrected chi connectivity index (χ3v) is 1.62. The Kier molecular flexibility index (Phi) is 2.99. The van der Waals surface area contributed by atoms with Gasteiger partial charge in [0.05, 0.1) is 19.4 Å². The van der Waals surface area contributed by atoms with Crippen molar-refractivity contribution in [2.75, 3.05) is 7.11 Å². The molecule has 1 N–H and O–H groups in total. The largest absolute Gasteiger partial charge is 0.480 e. The van der Waals surface area contributed by atoms with Crippen molar-refractivity contribution in [2.45, 2.75) is 20.0 Å². The number of aromatic nitrogens is 2. The Balaban J connectivity index is 3.02. The van der Waals surface area contributed by atoms with Gasteiger partial charge >= 0.3 is 0 Å². The highest BCUT2D eigenvalue weighted by Crippen LogP contribution is 2.14. The highest BCUT2D eigenvalue weighted by molar-refractivity contribution is 5.25. The fraction of sp³-hybridized carbons (Fsp3) is 0.500. The summed E-state index contributed by atoms with van der Waals surface area (Å²) in [6.07, 6.45) is 0.825. The zero-order chi connectivity index (χ0) is 8.97. The lowest BCUT2D eigenvalue weighted by atomic mass is 10.2. The maximum Gasteiger partial charge on any atom is 0.236 e. The van der Waals surface area contributed by atoms with Crippen molar-refractivity contribution in [3.05, 3.63) is 17.3 Å². The molecule has 0 unspecified atom stereocenters. The van der Waals surface area contributed by atoms with E-state index in [9.17, 15) is 0 Å². The highest BCUT2D eigenvalue weighted by atomic mass is 16.5. The fourth-order valence-corrected chi connectivity index (χ4v) is 0.968. The van der Waals surface area contributed by atoms with Gasteiger partial charge in [-0.05, 0) is 12.5 Å².